The Labute approximate surface area is 244 Å². The van der Waals surface area contributed by atoms with Gasteiger partial charge < -0.3 is 15.3 Å². The highest BCUT2D eigenvalue weighted by Gasteiger charge is 2.66. The summed E-state index contributed by atoms with van der Waals surface area (Å²) in [5.74, 6) is 0.178. The summed E-state index contributed by atoms with van der Waals surface area (Å²) < 4.78 is 2.09. The number of pyridine rings is 1. The van der Waals surface area contributed by atoms with Crippen molar-refractivity contribution in [1.29, 1.82) is 0 Å². The van der Waals surface area contributed by atoms with Gasteiger partial charge in [-0.05, 0) is 71.9 Å². The van der Waals surface area contributed by atoms with Crippen LogP contribution in [0.3, 0.4) is 0 Å². The van der Waals surface area contributed by atoms with E-state index in [1.165, 1.54) is 11.6 Å². The maximum absolute atomic E-state index is 13.8. The molecule has 4 aromatic rings. The number of piperidine rings is 1. The molecule has 1 unspecified atom stereocenters. The molecule has 2 aliphatic rings. The van der Waals surface area contributed by atoms with Crippen molar-refractivity contribution in [2.45, 2.75) is 52.2 Å². The fourth-order valence-electron chi connectivity index (χ4n) is 5.76. The zero-order valence-electron chi connectivity index (χ0n) is 22.8. The lowest BCUT2D eigenvalue weighted by Gasteiger charge is -2.27. The predicted octanol–water partition coefficient (Wildman–Crippen LogP) is 3.46. The Hall–Kier alpha value is -4.03. The Morgan fingerprint density at radius 2 is 1.85 bits per heavy atom. The molecule has 210 valence electrons. The molecule has 2 fully saturated rings. The van der Waals surface area contributed by atoms with Crippen LogP contribution in [0.2, 0.25) is 0 Å². The number of anilines is 1. The molecule has 4 heterocycles. The van der Waals surface area contributed by atoms with Crippen molar-refractivity contribution in [1.82, 2.24) is 29.6 Å². The fourth-order valence-corrected chi connectivity index (χ4v) is 6.07. The number of likely N-dealkylation sites (tertiary alicyclic amines) is 1. The summed E-state index contributed by atoms with van der Waals surface area (Å²) >= 11 is 3.33. The van der Waals surface area contributed by atoms with Crippen molar-refractivity contribution in [2.75, 3.05) is 11.9 Å². The first kappa shape index (κ1) is 27.2. The number of carbonyl (C=O) groups excluding carboxylic acids is 3. The number of hydrogen-bond acceptors (Lipinski definition) is 8. The number of benzene rings is 1. The van der Waals surface area contributed by atoms with Gasteiger partial charge in [0.1, 0.15) is 34.5 Å². The average molecular weight is 618 g/mol. The number of aliphatic hydroxyl groups is 1. The molecule has 0 spiro atoms. The summed E-state index contributed by atoms with van der Waals surface area (Å²) in [4.78, 5) is 54.2. The molecule has 6 rings (SSSR count). The number of Topliss-reactive ketones (excluding diaryl/α,β-unsaturated/α-hetero) is 1. The highest BCUT2D eigenvalue weighted by atomic mass is 79.9. The third kappa shape index (κ3) is 4.80. The van der Waals surface area contributed by atoms with Crippen molar-refractivity contribution in [2.24, 2.45) is 5.41 Å². The molecule has 0 radical (unpaired) electrons. The number of aliphatic hydroxyl groups excluding tert-OH is 1. The molecular weight excluding hydrogens is 590 g/mol. The molecule has 1 saturated carbocycles. The fraction of sp³-hybridized carbons (Fsp3) is 0.345. The maximum Gasteiger partial charge on any atom is 0.248 e. The van der Waals surface area contributed by atoms with E-state index < -0.39 is 11.5 Å². The van der Waals surface area contributed by atoms with Gasteiger partial charge in [0.15, 0.2) is 5.78 Å². The number of hydrogen-bond donors (Lipinski definition) is 2. The smallest absolute Gasteiger partial charge is 0.248 e. The Bertz CT molecular complexity index is 1720. The van der Waals surface area contributed by atoms with E-state index in [1.54, 1.807) is 30.3 Å². The van der Waals surface area contributed by atoms with Gasteiger partial charge in [0, 0.05) is 41.7 Å². The summed E-state index contributed by atoms with van der Waals surface area (Å²) in [7, 11) is 0. The van der Waals surface area contributed by atoms with E-state index >= 15 is 0 Å². The first-order chi connectivity index (χ1) is 19.6. The highest BCUT2D eigenvalue weighted by molar-refractivity contribution is 9.10. The Morgan fingerprint density at radius 3 is 2.56 bits per heavy atom. The maximum atomic E-state index is 13.8. The van der Waals surface area contributed by atoms with Crippen LogP contribution in [0.25, 0.3) is 22.0 Å². The molecule has 1 aliphatic heterocycles. The van der Waals surface area contributed by atoms with E-state index in [1.807, 2.05) is 31.2 Å². The molecule has 2 amide bonds. The first-order valence-corrected chi connectivity index (χ1v) is 14.1. The highest BCUT2D eigenvalue weighted by Crippen LogP contribution is 2.59. The third-order valence-corrected chi connectivity index (χ3v) is 8.55. The first-order valence-electron chi connectivity index (χ1n) is 13.3. The third-order valence-electron chi connectivity index (χ3n) is 8.11. The minimum atomic E-state index is -0.768. The van der Waals surface area contributed by atoms with Crippen LogP contribution in [-0.4, -0.2) is 71.0 Å². The summed E-state index contributed by atoms with van der Waals surface area (Å²) in [6.45, 7) is 4.82. The van der Waals surface area contributed by atoms with Crippen molar-refractivity contribution in [3.63, 3.8) is 0 Å². The number of aryl methyl sites for hydroxylation is 2. The quantitative estimate of drug-likeness (QED) is 0.237. The lowest BCUT2D eigenvalue weighted by Crippen LogP contribution is -2.47. The van der Waals surface area contributed by atoms with Gasteiger partial charge in [-0.25, -0.2) is 15.0 Å². The van der Waals surface area contributed by atoms with E-state index in [0.29, 0.717) is 40.0 Å². The minimum absolute atomic E-state index is 0.107. The van der Waals surface area contributed by atoms with E-state index in [9.17, 15) is 19.5 Å². The zero-order chi connectivity index (χ0) is 29.1. The molecule has 1 aliphatic carbocycles. The van der Waals surface area contributed by atoms with Gasteiger partial charge in [0.05, 0.1) is 12.1 Å². The largest absolute Gasteiger partial charge is 0.396 e. The number of carbonyl (C=O) groups is 3. The van der Waals surface area contributed by atoms with Crippen LogP contribution in [0.1, 0.15) is 41.6 Å². The number of amides is 2. The van der Waals surface area contributed by atoms with Crippen LogP contribution < -0.4 is 5.32 Å². The lowest BCUT2D eigenvalue weighted by molar-refractivity contribution is -0.138. The molecule has 0 bridgehead atoms. The normalized spacial score (nSPS) is 21.1. The molecule has 2 N–H and O–H groups in total. The monoisotopic (exact) mass is 617 g/mol. The minimum Gasteiger partial charge on any atom is -0.396 e. The topological polar surface area (TPSA) is 143 Å². The second-order valence-corrected chi connectivity index (χ2v) is 11.7. The van der Waals surface area contributed by atoms with Crippen molar-refractivity contribution < 1.29 is 19.5 Å². The standard InChI is InChI=1S/C29H28BrN7O4/c1-15-4-7-24(30)33-27(15)34-28(41)22-9-29(14-38)10-23(29)37(22)25(40)13-36-21-6-5-18(19-11-31-17(3)32-12-19)8-20(21)26(35-36)16(2)39/h4-8,11-12,22-23,38H,9-10,13-14H2,1-3H3,(H,33,34,41)/t22-,23?,29-/m0/s1. The van der Waals surface area contributed by atoms with Gasteiger partial charge in [-0.2, -0.15) is 5.10 Å². The Balaban J connectivity index is 1.30. The number of nitrogens with zero attached hydrogens (tertiary/aromatic N) is 6. The second kappa shape index (κ2) is 10.1. The Morgan fingerprint density at radius 1 is 1.10 bits per heavy atom. The van der Waals surface area contributed by atoms with Gasteiger partial charge in [-0.3, -0.25) is 19.1 Å². The molecule has 1 aromatic carbocycles. The average Bonchev–Trinajstić information content (AvgIpc) is 3.38. The van der Waals surface area contributed by atoms with Crippen molar-refractivity contribution in [3.8, 4) is 11.1 Å². The molecule has 1 saturated heterocycles. The van der Waals surface area contributed by atoms with Crippen LogP contribution in [0.15, 0.2) is 47.3 Å². The molecular formula is C29H28BrN7O4. The number of aromatic nitrogens is 5. The van der Waals surface area contributed by atoms with E-state index in [0.717, 1.165) is 16.7 Å². The molecule has 3 atom stereocenters. The van der Waals surface area contributed by atoms with Gasteiger partial charge in [0.2, 0.25) is 11.8 Å². The van der Waals surface area contributed by atoms with Crippen LogP contribution >= 0.6 is 15.9 Å². The van der Waals surface area contributed by atoms with Crippen LogP contribution in [0.5, 0.6) is 0 Å². The van der Waals surface area contributed by atoms with Crippen LogP contribution in [0.4, 0.5) is 5.82 Å². The van der Waals surface area contributed by atoms with Crippen molar-refractivity contribution in [3.05, 3.63) is 64.4 Å². The van der Waals surface area contributed by atoms with E-state index in [-0.39, 0.29) is 42.5 Å². The number of ketones is 1. The number of halogens is 1. The van der Waals surface area contributed by atoms with Crippen LogP contribution in [-0.2, 0) is 16.1 Å². The number of nitrogens with one attached hydrogen (secondary N) is 1. The zero-order valence-corrected chi connectivity index (χ0v) is 24.3. The van der Waals surface area contributed by atoms with Gasteiger partial charge in [0.25, 0.3) is 0 Å². The molecule has 11 nitrogen and oxygen atoms in total. The molecule has 41 heavy (non-hydrogen) atoms. The second-order valence-electron chi connectivity index (χ2n) is 10.9. The van der Waals surface area contributed by atoms with E-state index in [2.05, 4.69) is 41.3 Å². The van der Waals surface area contributed by atoms with E-state index in [4.69, 9.17) is 0 Å². The molecule has 3 aromatic heterocycles. The number of fused-ring (bicyclic) bond motifs is 2. The van der Waals surface area contributed by atoms with Crippen molar-refractivity contribution >= 4 is 50.2 Å². The van der Waals surface area contributed by atoms with Gasteiger partial charge >= 0.3 is 0 Å². The van der Waals surface area contributed by atoms with Gasteiger partial charge in [-0.1, -0.05) is 12.1 Å². The summed E-state index contributed by atoms with van der Waals surface area (Å²) in [5, 5.41) is 18.1. The Kier molecular flexibility index (Phi) is 6.69. The summed E-state index contributed by atoms with van der Waals surface area (Å²) in [6.07, 6.45) is 4.43. The van der Waals surface area contributed by atoms with Crippen LogP contribution in [0, 0.1) is 19.3 Å². The summed E-state index contributed by atoms with van der Waals surface area (Å²) in [5.41, 5.74) is 2.80. The predicted molar refractivity (Wildman–Crippen MR) is 154 cm³/mol. The molecule has 12 heteroatoms. The number of rotatable bonds is 7. The van der Waals surface area contributed by atoms with Gasteiger partial charge in [-0.15, -0.1) is 0 Å². The lowest BCUT2D eigenvalue weighted by atomic mass is 10.0. The summed E-state index contributed by atoms with van der Waals surface area (Å²) in [6, 6.07) is 8.16. The SMILES string of the molecule is CC(=O)c1nn(CC(=O)N2C3C[C@]3(CO)C[C@H]2C(=O)Nc2nc(Br)ccc2C)c2ccc(-c3cnc(C)nc3)cc12.